The maximum absolute atomic E-state index is 12.0. The van der Waals surface area contributed by atoms with Gasteiger partial charge in [-0.05, 0) is 59.6 Å². The molecule has 1 aromatic carbocycles. The first kappa shape index (κ1) is 20.8. The van der Waals surface area contributed by atoms with Crippen LogP contribution in [0.2, 0.25) is 0 Å². The van der Waals surface area contributed by atoms with Crippen LogP contribution in [0.1, 0.15) is 47.1 Å². The standard InChI is InChI=1S/C19H30N2O4/c1-18(2,3)24-16(22)20-15-11-9-8-10-14(15)12-13-21(7)17(23)25-19(4,5)6/h8-11H,12-13H2,1-7H3,(H,20,22). The molecule has 6 heteroatoms. The van der Waals surface area contributed by atoms with E-state index in [-0.39, 0.29) is 6.09 Å². The molecule has 0 saturated carbocycles. The number of hydrogen-bond acceptors (Lipinski definition) is 4. The second-order valence-corrected chi connectivity index (χ2v) is 7.94. The third kappa shape index (κ3) is 8.42. The van der Waals surface area contributed by atoms with Crippen LogP contribution >= 0.6 is 0 Å². The van der Waals surface area contributed by atoms with Gasteiger partial charge in [0, 0.05) is 19.3 Å². The Morgan fingerprint density at radius 1 is 1.00 bits per heavy atom. The lowest BCUT2D eigenvalue weighted by Crippen LogP contribution is -2.35. The van der Waals surface area contributed by atoms with E-state index in [0.717, 1.165) is 5.56 Å². The van der Waals surface area contributed by atoms with Crippen LogP contribution in [0.25, 0.3) is 0 Å². The second kappa shape index (κ2) is 8.23. The highest BCUT2D eigenvalue weighted by Crippen LogP contribution is 2.18. The average molecular weight is 350 g/mol. The van der Waals surface area contributed by atoms with Crippen LogP contribution in [-0.4, -0.2) is 41.9 Å². The topological polar surface area (TPSA) is 67.9 Å². The van der Waals surface area contributed by atoms with Crippen molar-refractivity contribution >= 4 is 17.9 Å². The van der Waals surface area contributed by atoms with Crippen molar-refractivity contribution < 1.29 is 19.1 Å². The number of amides is 2. The first-order valence-electron chi connectivity index (χ1n) is 8.39. The van der Waals surface area contributed by atoms with E-state index in [1.807, 2.05) is 65.8 Å². The molecule has 1 N–H and O–H groups in total. The van der Waals surface area contributed by atoms with E-state index < -0.39 is 17.3 Å². The SMILES string of the molecule is CN(CCc1ccccc1NC(=O)OC(C)(C)C)C(=O)OC(C)(C)C. The lowest BCUT2D eigenvalue weighted by atomic mass is 10.1. The van der Waals surface area contributed by atoms with E-state index in [1.54, 1.807) is 7.05 Å². The molecule has 6 nitrogen and oxygen atoms in total. The molecule has 25 heavy (non-hydrogen) atoms. The zero-order chi connectivity index (χ0) is 19.3. The van der Waals surface area contributed by atoms with Gasteiger partial charge < -0.3 is 14.4 Å². The van der Waals surface area contributed by atoms with Crippen molar-refractivity contribution in [2.75, 3.05) is 18.9 Å². The molecular formula is C19H30N2O4. The van der Waals surface area contributed by atoms with Gasteiger partial charge in [0.25, 0.3) is 0 Å². The Balaban J connectivity index is 2.68. The second-order valence-electron chi connectivity index (χ2n) is 7.94. The molecule has 0 bridgehead atoms. The summed E-state index contributed by atoms with van der Waals surface area (Å²) in [5.74, 6) is 0. The smallest absolute Gasteiger partial charge is 0.412 e. The number of hydrogen-bond donors (Lipinski definition) is 1. The van der Waals surface area contributed by atoms with E-state index in [4.69, 9.17) is 9.47 Å². The van der Waals surface area contributed by atoms with Crippen LogP contribution in [0, 0.1) is 0 Å². The molecule has 1 rings (SSSR count). The van der Waals surface area contributed by atoms with Gasteiger partial charge in [-0.1, -0.05) is 18.2 Å². The van der Waals surface area contributed by atoms with Crippen molar-refractivity contribution in [3.05, 3.63) is 29.8 Å². The number of benzene rings is 1. The summed E-state index contributed by atoms with van der Waals surface area (Å²) in [6.07, 6.45) is -0.285. The predicted octanol–water partition coefficient (Wildman–Crippen LogP) is 4.44. The Bertz CT molecular complexity index is 600. The quantitative estimate of drug-likeness (QED) is 0.871. The molecule has 0 heterocycles. The van der Waals surface area contributed by atoms with Crippen molar-refractivity contribution in [2.24, 2.45) is 0 Å². The molecule has 0 aliphatic heterocycles. The summed E-state index contributed by atoms with van der Waals surface area (Å²) in [4.78, 5) is 25.5. The highest BCUT2D eigenvalue weighted by molar-refractivity contribution is 5.86. The van der Waals surface area contributed by atoms with Gasteiger partial charge in [0.2, 0.25) is 0 Å². The van der Waals surface area contributed by atoms with Gasteiger partial charge in [-0.25, -0.2) is 9.59 Å². The van der Waals surface area contributed by atoms with Crippen molar-refractivity contribution in [1.82, 2.24) is 4.90 Å². The van der Waals surface area contributed by atoms with Gasteiger partial charge in [-0.3, -0.25) is 5.32 Å². The summed E-state index contributed by atoms with van der Waals surface area (Å²) in [6.45, 7) is 11.4. The van der Waals surface area contributed by atoms with Gasteiger partial charge >= 0.3 is 12.2 Å². The number of carbonyl (C=O) groups is 2. The Labute approximate surface area is 150 Å². The maximum atomic E-state index is 12.0. The molecule has 0 spiro atoms. The molecule has 0 aromatic heterocycles. The van der Waals surface area contributed by atoms with Crippen molar-refractivity contribution in [3.63, 3.8) is 0 Å². The fourth-order valence-electron chi connectivity index (χ4n) is 1.99. The minimum atomic E-state index is -0.560. The van der Waals surface area contributed by atoms with Gasteiger partial charge in [-0.15, -0.1) is 0 Å². The summed E-state index contributed by atoms with van der Waals surface area (Å²) in [5.41, 5.74) is 0.510. The largest absolute Gasteiger partial charge is 0.444 e. The summed E-state index contributed by atoms with van der Waals surface area (Å²) in [7, 11) is 1.69. The van der Waals surface area contributed by atoms with Crippen LogP contribution in [0.4, 0.5) is 15.3 Å². The zero-order valence-electron chi connectivity index (χ0n) is 16.3. The Morgan fingerprint density at radius 3 is 2.12 bits per heavy atom. The van der Waals surface area contributed by atoms with Crippen LogP contribution in [-0.2, 0) is 15.9 Å². The molecule has 0 aliphatic rings. The van der Waals surface area contributed by atoms with E-state index >= 15 is 0 Å². The number of para-hydroxylation sites is 1. The lowest BCUT2D eigenvalue weighted by Gasteiger charge is -2.25. The highest BCUT2D eigenvalue weighted by atomic mass is 16.6. The fourth-order valence-corrected chi connectivity index (χ4v) is 1.99. The van der Waals surface area contributed by atoms with E-state index in [9.17, 15) is 9.59 Å². The number of anilines is 1. The molecule has 140 valence electrons. The minimum absolute atomic E-state index is 0.370. The third-order valence-electron chi connectivity index (χ3n) is 3.07. The first-order valence-corrected chi connectivity index (χ1v) is 8.39. The van der Waals surface area contributed by atoms with E-state index in [0.29, 0.717) is 18.7 Å². The first-order chi connectivity index (χ1) is 11.4. The molecule has 0 radical (unpaired) electrons. The molecule has 0 unspecified atom stereocenters. The Hall–Kier alpha value is -2.24. The third-order valence-corrected chi connectivity index (χ3v) is 3.07. The maximum Gasteiger partial charge on any atom is 0.412 e. The molecular weight excluding hydrogens is 320 g/mol. The number of likely N-dealkylation sites (N-methyl/N-ethyl adjacent to an activating group) is 1. The number of ether oxygens (including phenoxy) is 2. The molecule has 0 atom stereocenters. The van der Waals surface area contributed by atoms with Gasteiger partial charge in [0.05, 0.1) is 0 Å². The molecule has 2 amide bonds. The number of carbonyl (C=O) groups excluding carboxylic acids is 2. The Kier molecular flexibility index (Phi) is 6.85. The van der Waals surface area contributed by atoms with E-state index in [2.05, 4.69) is 5.32 Å². The van der Waals surface area contributed by atoms with Crippen LogP contribution in [0.3, 0.4) is 0 Å². The highest BCUT2D eigenvalue weighted by Gasteiger charge is 2.20. The van der Waals surface area contributed by atoms with Gasteiger partial charge in [-0.2, -0.15) is 0 Å². The normalized spacial score (nSPS) is 11.6. The predicted molar refractivity (Wildman–Crippen MR) is 98.9 cm³/mol. The van der Waals surface area contributed by atoms with Crippen molar-refractivity contribution in [3.8, 4) is 0 Å². The van der Waals surface area contributed by atoms with E-state index in [1.165, 1.54) is 4.90 Å². The lowest BCUT2D eigenvalue weighted by molar-refractivity contribution is 0.0300. The summed E-state index contributed by atoms with van der Waals surface area (Å²) < 4.78 is 10.6. The molecule has 0 aliphatic carbocycles. The molecule has 1 aromatic rings. The number of rotatable bonds is 4. The number of nitrogens with zero attached hydrogens (tertiary/aromatic N) is 1. The summed E-state index contributed by atoms with van der Waals surface area (Å²) in [6, 6.07) is 7.46. The molecule has 0 fully saturated rings. The van der Waals surface area contributed by atoms with Crippen molar-refractivity contribution in [2.45, 2.75) is 59.2 Å². The van der Waals surface area contributed by atoms with Gasteiger partial charge in [0.15, 0.2) is 0 Å². The fraction of sp³-hybridized carbons (Fsp3) is 0.579. The number of nitrogens with one attached hydrogen (secondary N) is 1. The van der Waals surface area contributed by atoms with Crippen LogP contribution in [0.5, 0.6) is 0 Å². The summed E-state index contributed by atoms with van der Waals surface area (Å²) in [5, 5.41) is 2.76. The minimum Gasteiger partial charge on any atom is -0.444 e. The average Bonchev–Trinajstić information content (AvgIpc) is 2.42. The van der Waals surface area contributed by atoms with Crippen molar-refractivity contribution in [1.29, 1.82) is 0 Å². The van der Waals surface area contributed by atoms with Crippen LogP contribution < -0.4 is 5.32 Å². The molecule has 0 saturated heterocycles. The van der Waals surface area contributed by atoms with Crippen LogP contribution in [0.15, 0.2) is 24.3 Å². The van der Waals surface area contributed by atoms with Gasteiger partial charge in [0.1, 0.15) is 11.2 Å². The summed E-state index contributed by atoms with van der Waals surface area (Å²) >= 11 is 0. The Morgan fingerprint density at radius 2 is 1.56 bits per heavy atom. The zero-order valence-corrected chi connectivity index (χ0v) is 16.3. The monoisotopic (exact) mass is 350 g/mol.